The molecule has 0 saturated carbocycles. The summed E-state index contributed by atoms with van der Waals surface area (Å²) < 4.78 is 93.2. The van der Waals surface area contributed by atoms with E-state index in [4.69, 9.17) is 14.8 Å². The highest BCUT2D eigenvalue weighted by Crippen LogP contribution is 2.41. The maximum Gasteiger partial charge on any atom is 0.312 e. The van der Waals surface area contributed by atoms with Crippen molar-refractivity contribution in [3.63, 3.8) is 0 Å². The number of hydrogen-bond donors (Lipinski definition) is 1. The molecule has 1 atom stereocenters. The number of benzene rings is 1. The van der Waals surface area contributed by atoms with Gasteiger partial charge in [-0.1, -0.05) is 45.1 Å². The monoisotopic (exact) mass is 625 g/mol. The summed E-state index contributed by atoms with van der Waals surface area (Å²) in [5, 5.41) is 2.69. The lowest BCUT2D eigenvalue weighted by Gasteiger charge is -2.36. The summed E-state index contributed by atoms with van der Waals surface area (Å²) in [5.41, 5.74) is 5.39. The Morgan fingerprint density at radius 3 is 2.07 bits per heavy atom. The Labute approximate surface area is 246 Å². The third-order valence-electron chi connectivity index (χ3n) is 7.74. The lowest BCUT2D eigenvalue weighted by molar-refractivity contribution is -0.890. The Kier molecular flexibility index (Phi) is 14.2. The first-order valence-electron chi connectivity index (χ1n) is 14.1. The molecule has 1 rings (SSSR count). The van der Waals surface area contributed by atoms with E-state index < -0.39 is 50.1 Å². The van der Waals surface area contributed by atoms with Gasteiger partial charge in [0.25, 0.3) is 10.1 Å². The predicted molar refractivity (Wildman–Crippen MR) is 152 cm³/mol. The number of azide groups is 1. The molecule has 0 fully saturated rings. The Hall–Kier alpha value is -2.41. The summed E-state index contributed by atoms with van der Waals surface area (Å²) in [4.78, 5) is 15.2. The molecule has 1 N–H and O–H groups in total. The SMILES string of the molecule is CCC(C)(CC(C)(C)CCCCCCc1c(F)c(F)c(N=[N+]=[N-])c(F)c1F)C(=O)OCC[N+](C)(C)CCCS(=O)(=O)O. The number of ether oxygens (including phenoxy) is 1. The zero-order chi connectivity index (χ0) is 32.4. The van der Waals surface area contributed by atoms with Crippen LogP contribution in [0.1, 0.15) is 84.6 Å². The second-order valence-corrected chi connectivity index (χ2v) is 14.2. The number of rotatable bonds is 19. The van der Waals surface area contributed by atoms with Crippen molar-refractivity contribution in [2.45, 2.75) is 85.5 Å². The maximum absolute atomic E-state index is 14.2. The number of quaternary nitrogens is 1. The molecule has 0 aromatic heterocycles. The fraction of sp³-hybridized carbons (Fsp3) is 0.750. The molecule has 1 unspecified atom stereocenters. The van der Waals surface area contributed by atoms with Gasteiger partial charge in [0.1, 0.15) is 18.8 Å². The Morgan fingerprint density at radius 2 is 1.55 bits per heavy atom. The lowest BCUT2D eigenvalue weighted by atomic mass is 9.70. The molecule has 14 heteroatoms. The zero-order valence-corrected chi connectivity index (χ0v) is 26.3. The first-order valence-corrected chi connectivity index (χ1v) is 15.7. The molecule has 9 nitrogen and oxygen atoms in total. The summed E-state index contributed by atoms with van der Waals surface area (Å²) in [6, 6.07) is 0. The molecule has 0 aliphatic carbocycles. The van der Waals surface area contributed by atoms with Crippen LogP contribution >= 0.6 is 0 Å². The second kappa shape index (κ2) is 15.9. The van der Waals surface area contributed by atoms with Gasteiger partial charge in [0.05, 0.1) is 31.8 Å². The van der Waals surface area contributed by atoms with E-state index in [0.717, 1.165) is 12.8 Å². The molecule has 42 heavy (non-hydrogen) atoms. The van der Waals surface area contributed by atoms with Crippen molar-refractivity contribution in [2.75, 3.05) is 39.5 Å². The third-order valence-corrected chi connectivity index (χ3v) is 8.55. The minimum absolute atomic E-state index is 0.178. The van der Waals surface area contributed by atoms with Crippen molar-refractivity contribution >= 4 is 21.8 Å². The first kappa shape index (κ1) is 37.6. The van der Waals surface area contributed by atoms with Crippen molar-refractivity contribution in [1.29, 1.82) is 0 Å². The summed E-state index contributed by atoms with van der Waals surface area (Å²) in [7, 11) is -0.225. The predicted octanol–water partition coefficient (Wildman–Crippen LogP) is 7.41. The number of halogens is 4. The average molecular weight is 626 g/mol. The van der Waals surface area contributed by atoms with Crippen molar-refractivity contribution in [2.24, 2.45) is 15.9 Å². The minimum Gasteiger partial charge on any atom is -0.459 e. The summed E-state index contributed by atoms with van der Waals surface area (Å²) >= 11 is 0. The van der Waals surface area contributed by atoms with Crippen LogP contribution < -0.4 is 0 Å². The van der Waals surface area contributed by atoms with Crippen LogP contribution in [0, 0.1) is 34.1 Å². The third kappa shape index (κ3) is 12.1. The molecule has 0 aliphatic rings. The van der Waals surface area contributed by atoms with Crippen molar-refractivity contribution in [1.82, 2.24) is 0 Å². The fourth-order valence-corrected chi connectivity index (χ4v) is 5.60. The number of nitrogens with zero attached hydrogens (tertiary/aromatic N) is 4. The van der Waals surface area contributed by atoms with Gasteiger partial charge in [-0.2, -0.15) is 8.42 Å². The first-order chi connectivity index (χ1) is 19.3. The van der Waals surface area contributed by atoms with Crippen LogP contribution in [-0.4, -0.2) is 63.0 Å². The van der Waals surface area contributed by atoms with Crippen LogP contribution in [-0.2, 0) is 26.1 Å². The molecule has 0 heterocycles. The summed E-state index contributed by atoms with van der Waals surface area (Å²) in [6.45, 7) is 9.09. The highest BCUT2D eigenvalue weighted by molar-refractivity contribution is 7.85. The van der Waals surface area contributed by atoms with Crippen molar-refractivity contribution < 1.29 is 44.5 Å². The number of unbranched alkanes of at least 4 members (excludes halogenated alkanes) is 3. The topological polar surface area (TPSA) is 129 Å². The van der Waals surface area contributed by atoms with Gasteiger partial charge in [-0.15, -0.1) is 0 Å². The average Bonchev–Trinajstić information content (AvgIpc) is 2.87. The van der Waals surface area contributed by atoms with E-state index >= 15 is 0 Å². The molecular formula is C28H45F4N4O5S+. The van der Waals surface area contributed by atoms with Crippen LogP contribution in [0.5, 0.6) is 0 Å². The van der Waals surface area contributed by atoms with Gasteiger partial charge in [0.2, 0.25) is 0 Å². The van der Waals surface area contributed by atoms with Gasteiger partial charge < -0.3 is 9.22 Å². The smallest absolute Gasteiger partial charge is 0.312 e. The van der Waals surface area contributed by atoms with Crippen LogP contribution in [0.2, 0.25) is 0 Å². The van der Waals surface area contributed by atoms with E-state index in [2.05, 4.69) is 23.9 Å². The number of carbonyl (C=O) groups is 1. The lowest BCUT2D eigenvalue weighted by Crippen LogP contribution is -2.44. The van der Waals surface area contributed by atoms with Gasteiger partial charge in [-0.3, -0.25) is 9.35 Å². The van der Waals surface area contributed by atoms with Gasteiger partial charge in [0.15, 0.2) is 23.3 Å². The van der Waals surface area contributed by atoms with E-state index in [9.17, 15) is 30.8 Å². The van der Waals surface area contributed by atoms with Gasteiger partial charge in [-0.05, 0) is 50.0 Å². The van der Waals surface area contributed by atoms with Crippen molar-refractivity contribution in [3.05, 3.63) is 39.3 Å². The maximum atomic E-state index is 14.2. The van der Waals surface area contributed by atoms with E-state index in [1.54, 1.807) is 0 Å². The molecule has 0 aliphatic heterocycles. The summed E-state index contributed by atoms with van der Waals surface area (Å²) in [6.07, 6.45) is 4.38. The largest absolute Gasteiger partial charge is 0.459 e. The summed E-state index contributed by atoms with van der Waals surface area (Å²) in [5.74, 6) is -7.14. The van der Waals surface area contributed by atoms with Crippen molar-refractivity contribution in [3.8, 4) is 0 Å². The van der Waals surface area contributed by atoms with Crippen LogP contribution in [0.25, 0.3) is 10.4 Å². The minimum atomic E-state index is -4.01. The molecule has 1 aromatic carbocycles. The van der Waals surface area contributed by atoms with Gasteiger partial charge in [-0.25, -0.2) is 17.6 Å². The molecular weight excluding hydrogens is 580 g/mol. The fourth-order valence-electron chi connectivity index (χ4n) is 5.11. The van der Waals surface area contributed by atoms with Crippen LogP contribution in [0.3, 0.4) is 0 Å². The number of esters is 1. The highest BCUT2D eigenvalue weighted by Gasteiger charge is 2.38. The normalized spacial score (nSPS) is 13.9. The number of carbonyl (C=O) groups excluding carboxylic acids is 1. The van der Waals surface area contributed by atoms with Crippen LogP contribution in [0.4, 0.5) is 23.2 Å². The van der Waals surface area contributed by atoms with E-state index in [1.165, 1.54) is 0 Å². The molecule has 1 aromatic rings. The number of likely N-dealkylation sites (N-methyl/N-ethyl adjacent to an activating group) is 1. The Bertz CT molecular complexity index is 1210. The van der Waals surface area contributed by atoms with Gasteiger partial charge >= 0.3 is 5.97 Å². The van der Waals surface area contributed by atoms with E-state index in [0.29, 0.717) is 49.7 Å². The Balaban J connectivity index is 2.56. The zero-order valence-electron chi connectivity index (χ0n) is 25.5. The molecule has 0 amide bonds. The van der Waals surface area contributed by atoms with E-state index in [-0.39, 0.29) is 36.6 Å². The standard InChI is InChI=1S/C28H44F4N4O5S/c1-7-28(4,26(37)41-17-16-36(5,6)15-12-18-42(38,39)40)19-27(2,3)14-11-9-8-10-13-20-21(29)23(31)25(34-35-33)24(32)22(20)30/h7-19H2,1-6H3/p+1. The van der Waals surface area contributed by atoms with Crippen LogP contribution in [0.15, 0.2) is 5.11 Å². The van der Waals surface area contributed by atoms with Gasteiger partial charge in [0, 0.05) is 16.9 Å². The second-order valence-electron chi connectivity index (χ2n) is 12.6. The molecule has 240 valence electrons. The Morgan fingerprint density at radius 1 is 0.976 bits per heavy atom. The molecule has 0 radical (unpaired) electrons. The van der Waals surface area contributed by atoms with E-state index in [1.807, 2.05) is 27.9 Å². The highest BCUT2D eigenvalue weighted by atomic mass is 32.2. The molecule has 0 saturated heterocycles. The molecule has 0 bridgehead atoms. The quantitative estimate of drug-likeness (QED) is 0.0197. The molecule has 0 spiro atoms. The number of hydrogen-bond acceptors (Lipinski definition) is 5.